The van der Waals surface area contributed by atoms with Gasteiger partial charge in [0.1, 0.15) is 0 Å². The first-order valence-electron chi connectivity index (χ1n) is 5.62. The minimum atomic E-state index is -0.180. The molecule has 0 bridgehead atoms. The third-order valence-electron chi connectivity index (χ3n) is 3.13. The van der Waals surface area contributed by atoms with E-state index in [-0.39, 0.29) is 17.9 Å². The quantitative estimate of drug-likeness (QED) is 0.722. The highest BCUT2D eigenvalue weighted by molar-refractivity contribution is 5.76. The van der Waals surface area contributed by atoms with Crippen molar-refractivity contribution in [1.29, 1.82) is 5.26 Å². The Labute approximate surface area is 90.8 Å². The van der Waals surface area contributed by atoms with Gasteiger partial charge in [-0.2, -0.15) is 5.26 Å². The molecule has 1 saturated carbocycles. The Kier molecular flexibility index (Phi) is 4.57. The van der Waals surface area contributed by atoms with Crippen molar-refractivity contribution >= 4 is 5.91 Å². The molecule has 0 aliphatic heterocycles. The van der Waals surface area contributed by atoms with Crippen molar-refractivity contribution in [2.75, 3.05) is 0 Å². The second kappa shape index (κ2) is 5.72. The van der Waals surface area contributed by atoms with Crippen molar-refractivity contribution < 1.29 is 4.79 Å². The van der Waals surface area contributed by atoms with Crippen LogP contribution < -0.4 is 11.1 Å². The molecule has 0 aromatic heterocycles. The van der Waals surface area contributed by atoms with E-state index in [1.165, 1.54) is 0 Å². The summed E-state index contributed by atoms with van der Waals surface area (Å²) in [6.07, 6.45) is 4.44. The lowest BCUT2D eigenvalue weighted by Crippen LogP contribution is -2.41. The summed E-state index contributed by atoms with van der Waals surface area (Å²) in [5, 5.41) is 12.1. The Balaban J connectivity index is 2.32. The van der Waals surface area contributed by atoms with Crippen LogP contribution in [0.5, 0.6) is 0 Å². The van der Waals surface area contributed by atoms with E-state index in [2.05, 4.69) is 11.4 Å². The fourth-order valence-electron chi connectivity index (χ4n) is 2.08. The fraction of sp³-hybridized carbons (Fsp3) is 0.818. The molecule has 0 aromatic carbocycles. The van der Waals surface area contributed by atoms with E-state index in [9.17, 15) is 4.79 Å². The molecule has 1 unspecified atom stereocenters. The molecule has 84 valence electrons. The maximum Gasteiger partial charge on any atom is 0.220 e. The van der Waals surface area contributed by atoms with Gasteiger partial charge in [-0.15, -0.1) is 0 Å². The zero-order valence-corrected chi connectivity index (χ0v) is 9.20. The minimum absolute atomic E-state index is 0.0465. The summed E-state index contributed by atoms with van der Waals surface area (Å²) in [5.74, 6) is -0.133. The van der Waals surface area contributed by atoms with Gasteiger partial charge in [0.2, 0.25) is 5.91 Å². The van der Waals surface area contributed by atoms with Crippen LogP contribution in [0.2, 0.25) is 0 Å². The van der Waals surface area contributed by atoms with Gasteiger partial charge in [-0.3, -0.25) is 10.1 Å². The summed E-state index contributed by atoms with van der Waals surface area (Å²) in [6, 6.07) is 2.55. The van der Waals surface area contributed by atoms with Crippen LogP contribution >= 0.6 is 0 Å². The van der Waals surface area contributed by atoms with E-state index in [1.807, 2.05) is 6.92 Å². The van der Waals surface area contributed by atoms with Crippen LogP contribution in [0.1, 0.15) is 39.0 Å². The van der Waals surface area contributed by atoms with Gasteiger partial charge in [0, 0.05) is 12.0 Å². The third kappa shape index (κ3) is 3.52. The van der Waals surface area contributed by atoms with Gasteiger partial charge in [0.05, 0.1) is 12.1 Å². The number of carbonyl (C=O) groups excluding carboxylic acids is 1. The summed E-state index contributed by atoms with van der Waals surface area (Å²) in [4.78, 5) is 10.9. The summed E-state index contributed by atoms with van der Waals surface area (Å²) < 4.78 is 0. The molecule has 0 spiro atoms. The zero-order chi connectivity index (χ0) is 11.3. The lowest BCUT2D eigenvalue weighted by Gasteiger charge is -2.28. The summed E-state index contributed by atoms with van der Waals surface area (Å²) in [5.41, 5.74) is 5.25. The fourth-order valence-corrected chi connectivity index (χ4v) is 2.08. The van der Waals surface area contributed by atoms with Gasteiger partial charge >= 0.3 is 0 Å². The Morgan fingerprint density at radius 2 is 2.13 bits per heavy atom. The maximum absolute atomic E-state index is 10.9. The molecule has 0 heterocycles. The largest absolute Gasteiger partial charge is 0.369 e. The first kappa shape index (κ1) is 12.0. The molecule has 15 heavy (non-hydrogen) atoms. The number of primary amides is 1. The topological polar surface area (TPSA) is 78.9 Å². The number of rotatable bonds is 4. The molecular weight excluding hydrogens is 190 g/mol. The number of nitrogens with two attached hydrogens (primary N) is 1. The number of nitrogens with one attached hydrogen (secondary N) is 1. The Morgan fingerprint density at radius 1 is 1.53 bits per heavy atom. The van der Waals surface area contributed by atoms with Crippen LogP contribution in [0, 0.1) is 17.2 Å². The normalized spacial score (nSPS) is 28.0. The zero-order valence-electron chi connectivity index (χ0n) is 9.20. The molecule has 1 rings (SSSR count). The summed E-state index contributed by atoms with van der Waals surface area (Å²) in [6.45, 7) is 2.00. The van der Waals surface area contributed by atoms with E-state index in [4.69, 9.17) is 11.0 Å². The highest BCUT2D eigenvalue weighted by atomic mass is 16.1. The van der Waals surface area contributed by atoms with Crippen molar-refractivity contribution in [1.82, 2.24) is 5.32 Å². The van der Waals surface area contributed by atoms with Gasteiger partial charge < -0.3 is 5.73 Å². The second-order valence-corrected chi connectivity index (χ2v) is 4.21. The predicted molar refractivity (Wildman–Crippen MR) is 57.8 cm³/mol. The van der Waals surface area contributed by atoms with Crippen LogP contribution in [0.15, 0.2) is 0 Å². The van der Waals surface area contributed by atoms with Crippen molar-refractivity contribution in [2.45, 2.75) is 51.1 Å². The minimum Gasteiger partial charge on any atom is -0.369 e. The van der Waals surface area contributed by atoms with E-state index in [0.29, 0.717) is 6.04 Å². The molecule has 4 nitrogen and oxygen atoms in total. The Bertz CT molecular complexity index is 251. The number of amides is 1. The lowest BCUT2D eigenvalue weighted by atomic mass is 9.85. The SMILES string of the molecule is CCC(C#N)NC1CCC(C(N)=O)CC1. The van der Waals surface area contributed by atoms with Crippen LogP contribution in [0.4, 0.5) is 0 Å². The molecule has 0 aromatic rings. The van der Waals surface area contributed by atoms with Crippen LogP contribution in [0.3, 0.4) is 0 Å². The van der Waals surface area contributed by atoms with Crippen molar-refractivity contribution in [3.8, 4) is 6.07 Å². The first-order valence-corrected chi connectivity index (χ1v) is 5.62. The molecule has 0 saturated heterocycles. The lowest BCUT2D eigenvalue weighted by molar-refractivity contribution is -0.122. The van der Waals surface area contributed by atoms with E-state index in [1.54, 1.807) is 0 Å². The molecule has 1 aliphatic carbocycles. The number of hydrogen-bond donors (Lipinski definition) is 2. The standard InChI is InChI=1S/C11H19N3O/c1-2-9(7-12)14-10-5-3-8(4-6-10)11(13)15/h8-10,14H,2-6H2,1H3,(H2,13,15). The highest BCUT2D eigenvalue weighted by Crippen LogP contribution is 2.24. The molecule has 3 N–H and O–H groups in total. The van der Waals surface area contributed by atoms with Crippen molar-refractivity contribution in [3.05, 3.63) is 0 Å². The molecule has 0 radical (unpaired) electrons. The van der Waals surface area contributed by atoms with E-state index < -0.39 is 0 Å². The monoisotopic (exact) mass is 209 g/mol. The molecule has 1 amide bonds. The number of carbonyl (C=O) groups is 1. The van der Waals surface area contributed by atoms with E-state index in [0.717, 1.165) is 32.1 Å². The number of nitriles is 1. The van der Waals surface area contributed by atoms with Gasteiger partial charge in [0.15, 0.2) is 0 Å². The summed E-state index contributed by atoms with van der Waals surface area (Å²) >= 11 is 0. The van der Waals surface area contributed by atoms with Crippen LogP contribution in [0.25, 0.3) is 0 Å². The molecule has 4 heteroatoms. The average molecular weight is 209 g/mol. The molecule has 1 aliphatic rings. The Morgan fingerprint density at radius 3 is 2.53 bits per heavy atom. The second-order valence-electron chi connectivity index (χ2n) is 4.21. The molecule has 1 atom stereocenters. The van der Waals surface area contributed by atoms with Gasteiger partial charge in [0.25, 0.3) is 0 Å². The molecular formula is C11H19N3O. The third-order valence-corrected chi connectivity index (χ3v) is 3.13. The van der Waals surface area contributed by atoms with Gasteiger partial charge in [-0.25, -0.2) is 0 Å². The number of hydrogen-bond acceptors (Lipinski definition) is 3. The Hall–Kier alpha value is -1.08. The van der Waals surface area contributed by atoms with Crippen molar-refractivity contribution in [3.63, 3.8) is 0 Å². The van der Waals surface area contributed by atoms with Crippen LogP contribution in [-0.4, -0.2) is 18.0 Å². The van der Waals surface area contributed by atoms with Gasteiger partial charge in [-0.05, 0) is 32.1 Å². The maximum atomic E-state index is 10.9. The predicted octanol–water partition coefficient (Wildman–Crippen LogP) is 0.922. The highest BCUT2D eigenvalue weighted by Gasteiger charge is 2.25. The van der Waals surface area contributed by atoms with Gasteiger partial charge in [-0.1, -0.05) is 6.92 Å². The first-order chi connectivity index (χ1) is 7.17. The van der Waals surface area contributed by atoms with Crippen LogP contribution in [-0.2, 0) is 4.79 Å². The van der Waals surface area contributed by atoms with E-state index >= 15 is 0 Å². The summed E-state index contributed by atoms with van der Waals surface area (Å²) in [7, 11) is 0. The smallest absolute Gasteiger partial charge is 0.220 e. The number of nitrogens with zero attached hydrogens (tertiary/aromatic N) is 1. The average Bonchev–Trinajstić information content (AvgIpc) is 2.26. The molecule has 1 fully saturated rings. The van der Waals surface area contributed by atoms with Crippen molar-refractivity contribution in [2.24, 2.45) is 11.7 Å².